The average molecular weight is 359 g/mol. The van der Waals surface area contributed by atoms with Gasteiger partial charge >= 0.3 is 0 Å². The molecular formula is C20H23ClN2O2. The van der Waals surface area contributed by atoms with Gasteiger partial charge < -0.3 is 10.1 Å². The van der Waals surface area contributed by atoms with Gasteiger partial charge in [-0.2, -0.15) is 0 Å². The fourth-order valence-electron chi connectivity index (χ4n) is 2.97. The van der Waals surface area contributed by atoms with E-state index in [9.17, 15) is 4.79 Å². The topological polar surface area (TPSA) is 41.6 Å². The van der Waals surface area contributed by atoms with Crippen LogP contribution in [-0.4, -0.2) is 43.6 Å². The Morgan fingerprint density at radius 1 is 1.16 bits per heavy atom. The third kappa shape index (κ3) is 5.56. The van der Waals surface area contributed by atoms with Gasteiger partial charge in [0, 0.05) is 24.7 Å². The van der Waals surface area contributed by atoms with Crippen LogP contribution in [0.3, 0.4) is 0 Å². The molecule has 3 rings (SSSR count). The van der Waals surface area contributed by atoms with E-state index in [1.165, 1.54) is 5.56 Å². The molecule has 1 unspecified atom stereocenters. The maximum Gasteiger partial charge on any atom is 0.234 e. The predicted molar refractivity (Wildman–Crippen MR) is 99.7 cm³/mol. The molecule has 1 aliphatic heterocycles. The van der Waals surface area contributed by atoms with E-state index in [-0.39, 0.29) is 12.0 Å². The Labute approximate surface area is 153 Å². The number of halogens is 1. The van der Waals surface area contributed by atoms with E-state index in [2.05, 4.69) is 22.3 Å². The number of nitrogens with one attached hydrogen (secondary N) is 1. The van der Waals surface area contributed by atoms with Crippen molar-refractivity contribution in [2.45, 2.75) is 12.5 Å². The molecule has 25 heavy (non-hydrogen) atoms. The van der Waals surface area contributed by atoms with Gasteiger partial charge in [-0.15, -0.1) is 0 Å². The molecule has 2 aromatic rings. The number of hydrogen-bond donors (Lipinski definition) is 1. The number of nitrogens with zero attached hydrogens (tertiary/aromatic N) is 1. The highest BCUT2D eigenvalue weighted by Gasteiger charge is 2.23. The Hall–Kier alpha value is -1.88. The standard InChI is InChI=1S/C20H23ClN2O2/c21-18-8-6-16(7-9-18)10-11-22-20(24)15-23-12-13-25-19(14-23)17-4-2-1-3-5-17/h1-9,19H,10-15H2,(H,22,24). The molecule has 1 saturated heterocycles. The zero-order valence-electron chi connectivity index (χ0n) is 14.2. The monoisotopic (exact) mass is 358 g/mol. The number of amides is 1. The van der Waals surface area contributed by atoms with Crippen molar-refractivity contribution in [2.24, 2.45) is 0 Å². The van der Waals surface area contributed by atoms with Crippen LogP contribution in [0.25, 0.3) is 0 Å². The van der Waals surface area contributed by atoms with Crippen LogP contribution in [0.1, 0.15) is 17.2 Å². The molecule has 5 heteroatoms. The molecular weight excluding hydrogens is 336 g/mol. The number of morpholine rings is 1. The molecule has 1 aliphatic rings. The second-order valence-electron chi connectivity index (χ2n) is 6.23. The molecule has 1 atom stereocenters. The number of ether oxygens (including phenoxy) is 1. The molecule has 0 aliphatic carbocycles. The highest BCUT2D eigenvalue weighted by atomic mass is 35.5. The largest absolute Gasteiger partial charge is 0.371 e. The van der Waals surface area contributed by atoms with Gasteiger partial charge in [-0.05, 0) is 29.7 Å². The second-order valence-corrected chi connectivity index (χ2v) is 6.67. The second kappa shape index (κ2) is 8.99. The Morgan fingerprint density at radius 2 is 1.92 bits per heavy atom. The summed E-state index contributed by atoms with van der Waals surface area (Å²) < 4.78 is 5.84. The van der Waals surface area contributed by atoms with Crippen LogP contribution in [-0.2, 0) is 16.0 Å². The minimum absolute atomic E-state index is 0.0387. The van der Waals surface area contributed by atoms with E-state index in [4.69, 9.17) is 16.3 Å². The highest BCUT2D eigenvalue weighted by Crippen LogP contribution is 2.21. The first-order chi connectivity index (χ1) is 12.2. The van der Waals surface area contributed by atoms with E-state index < -0.39 is 0 Å². The van der Waals surface area contributed by atoms with Gasteiger partial charge in [0.25, 0.3) is 0 Å². The van der Waals surface area contributed by atoms with Crippen LogP contribution >= 0.6 is 11.6 Å². The van der Waals surface area contributed by atoms with Crippen molar-refractivity contribution in [3.05, 3.63) is 70.7 Å². The van der Waals surface area contributed by atoms with E-state index >= 15 is 0 Å². The van der Waals surface area contributed by atoms with Crippen molar-refractivity contribution < 1.29 is 9.53 Å². The Balaban J connectivity index is 1.42. The van der Waals surface area contributed by atoms with Crippen LogP contribution in [0.2, 0.25) is 5.02 Å². The van der Waals surface area contributed by atoms with Crippen LogP contribution < -0.4 is 5.32 Å². The number of rotatable bonds is 6. The lowest BCUT2D eigenvalue weighted by molar-refractivity contribution is -0.124. The average Bonchev–Trinajstić information content (AvgIpc) is 2.64. The summed E-state index contributed by atoms with van der Waals surface area (Å²) in [6.07, 6.45) is 0.843. The normalized spacial score (nSPS) is 18.0. The van der Waals surface area contributed by atoms with E-state index in [1.807, 2.05) is 42.5 Å². The zero-order valence-corrected chi connectivity index (χ0v) is 14.9. The summed E-state index contributed by atoms with van der Waals surface area (Å²) in [5, 5.41) is 3.72. The van der Waals surface area contributed by atoms with Gasteiger partial charge in [0.1, 0.15) is 0 Å². The first kappa shape index (κ1) is 17.9. The Kier molecular flexibility index (Phi) is 6.45. The quantitative estimate of drug-likeness (QED) is 0.862. The SMILES string of the molecule is O=C(CN1CCOC(c2ccccc2)C1)NCCc1ccc(Cl)cc1. The molecule has 1 amide bonds. The zero-order chi connectivity index (χ0) is 17.5. The maximum atomic E-state index is 12.2. The molecule has 132 valence electrons. The van der Waals surface area contributed by atoms with E-state index in [0.717, 1.165) is 30.1 Å². The fraction of sp³-hybridized carbons (Fsp3) is 0.350. The minimum atomic E-state index is 0.0387. The first-order valence-electron chi connectivity index (χ1n) is 8.61. The van der Waals surface area contributed by atoms with Gasteiger partial charge in [-0.25, -0.2) is 0 Å². The van der Waals surface area contributed by atoms with Crippen molar-refractivity contribution in [1.29, 1.82) is 0 Å². The molecule has 0 aromatic heterocycles. The van der Waals surface area contributed by atoms with Gasteiger partial charge in [0.2, 0.25) is 5.91 Å². The van der Waals surface area contributed by atoms with Crippen molar-refractivity contribution in [3.63, 3.8) is 0 Å². The van der Waals surface area contributed by atoms with Crippen LogP contribution in [0.15, 0.2) is 54.6 Å². The molecule has 1 N–H and O–H groups in total. The van der Waals surface area contributed by atoms with Gasteiger partial charge in [0.15, 0.2) is 0 Å². The van der Waals surface area contributed by atoms with Crippen molar-refractivity contribution in [1.82, 2.24) is 10.2 Å². The van der Waals surface area contributed by atoms with E-state index in [0.29, 0.717) is 19.7 Å². The highest BCUT2D eigenvalue weighted by molar-refractivity contribution is 6.30. The lowest BCUT2D eigenvalue weighted by Gasteiger charge is -2.32. The molecule has 0 radical (unpaired) electrons. The van der Waals surface area contributed by atoms with Crippen LogP contribution in [0, 0.1) is 0 Å². The summed E-state index contributed by atoms with van der Waals surface area (Å²) in [7, 11) is 0. The van der Waals surface area contributed by atoms with Crippen molar-refractivity contribution in [3.8, 4) is 0 Å². The predicted octanol–water partition coefficient (Wildman–Crippen LogP) is 3.07. The van der Waals surface area contributed by atoms with E-state index in [1.54, 1.807) is 0 Å². The Morgan fingerprint density at radius 3 is 2.68 bits per heavy atom. The smallest absolute Gasteiger partial charge is 0.234 e. The summed E-state index contributed by atoms with van der Waals surface area (Å²) in [4.78, 5) is 14.3. The third-order valence-electron chi connectivity index (χ3n) is 4.34. The summed E-state index contributed by atoms with van der Waals surface area (Å²) in [6, 6.07) is 17.9. The molecule has 0 bridgehead atoms. The lowest BCUT2D eigenvalue weighted by atomic mass is 10.1. The molecule has 1 heterocycles. The maximum absolute atomic E-state index is 12.2. The summed E-state index contributed by atoms with van der Waals surface area (Å²) in [5.74, 6) is 0.0580. The number of benzene rings is 2. The van der Waals surface area contributed by atoms with Crippen LogP contribution in [0.5, 0.6) is 0 Å². The van der Waals surface area contributed by atoms with Crippen molar-refractivity contribution in [2.75, 3.05) is 32.8 Å². The Bertz CT molecular complexity index is 676. The number of hydrogen-bond acceptors (Lipinski definition) is 3. The lowest BCUT2D eigenvalue weighted by Crippen LogP contribution is -2.44. The molecule has 0 spiro atoms. The van der Waals surface area contributed by atoms with Gasteiger partial charge in [-0.3, -0.25) is 9.69 Å². The fourth-order valence-corrected chi connectivity index (χ4v) is 3.10. The van der Waals surface area contributed by atoms with Gasteiger partial charge in [0.05, 0.1) is 19.3 Å². The summed E-state index contributed by atoms with van der Waals surface area (Å²) >= 11 is 5.88. The van der Waals surface area contributed by atoms with Crippen LogP contribution in [0.4, 0.5) is 0 Å². The van der Waals surface area contributed by atoms with Gasteiger partial charge in [-0.1, -0.05) is 54.1 Å². The van der Waals surface area contributed by atoms with Crippen molar-refractivity contribution >= 4 is 17.5 Å². The number of carbonyl (C=O) groups excluding carboxylic acids is 1. The summed E-state index contributed by atoms with van der Waals surface area (Å²) in [5.41, 5.74) is 2.33. The molecule has 1 fully saturated rings. The number of carbonyl (C=O) groups is 1. The molecule has 2 aromatic carbocycles. The first-order valence-corrected chi connectivity index (χ1v) is 8.98. The minimum Gasteiger partial charge on any atom is -0.371 e. The third-order valence-corrected chi connectivity index (χ3v) is 4.59. The summed E-state index contributed by atoms with van der Waals surface area (Å²) in [6.45, 7) is 3.22. The molecule has 4 nitrogen and oxygen atoms in total. The molecule has 0 saturated carbocycles.